The van der Waals surface area contributed by atoms with Crippen LogP contribution in [0.25, 0.3) is 0 Å². The van der Waals surface area contributed by atoms with Crippen LogP contribution in [0.4, 0.5) is 11.5 Å². The summed E-state index contributed by atoms with van der Waals surface area (Å²) in [6.45, 7) is 4.56. The molecule has 10 nitrogen and oxygen atoms in total. The van der Waals surface area contributed by atoms with Crippen molar-refractivity contribution in [2.45, 2.75) is 52.5 Å². The Kier molecular flexibility index (Phi) is 7.52. The number of carbonyl (C=O) groups excluding carboxylic acids is 1. The summed E-state index contributed by atoms with van der Waals surface area (Å²) in [5, 5.41) is 3.99. The Morgan fingerprint density at radius 2 is 1.83 bits per heavy atom. The number of nitrogens with one attached hydrogen (secondary N) is 1. The number of amides is 1. The van der Waals surface area contributed by atoms with E-state index in [1.807, 2.05) is 13.8 Å². The number of H-pyrrole nitrogens is 1. The fraction of sp³-hybridized carbons (Fsp3) is 0.526. The molecule has 158 valence electrons. The first-order valence-corrected chi connectivity index (χ1v) is 9.80. The maximum Gasteiger partial charge on any atom is 0.330 e. The summed E-state index contributed by atoms with van der Waals surface area (Å²) in [5.74, 6) is -0.614. The van der Waals surface area contributed by atoms with E-state index in [0.717, 1.165) is 23.9 Å². The van der Waals surface area contributed by atoms with Gasteiger partial charge in [0.25, 0.3) is 17.0 Å². The molecular formula is C19H28N6O4. The number of aromatic amines is 1. The predicted octanol–water partition coefficient (Wildman–Crippen LogP) is 0.850. The maximum absolute atomic E-state index is 13.2. The Bertz CT molecular complexity index is 1040. The van der Waals surface area contributed by atoms with Crippen LogP contribution in [0, 0.1) is 0 Å². The number of anilines is 2. The molecule has 0 aliphatic carbocycles. The van der Waals surface area contributed by atoms with Crippen molar-refractivity contribution in [3.8, 4) is 0 Å². The van der Waals surface area contributed by atoms with Gasteiger partial charge in [-0.25, -0.2) is 9.48 Å². The lowest BCUT2D eigenvalue weighted by Crippen LogP contribution is -2.42. The van der Waals surface area contributed by atoms with Gasteiger partial charge in [-0.05, 0) is 18.9 Å². The van der Waals surface area contributed by atoms with Crippen LogP contribution in [-0.4, -0.2) is 31.8 Å². The number of aromatic nitrogens is 4. The lowest BCUT2D eigenvalue weighted by molar-refractivity contribution is 0.0979. The molecule has 2 aromatic rings. The van der Waals surface area contributed by atoms with Crippen molar-refractivity contribution >= 4 is 17.4 Å². The highest BCUT2D eigenvalue weighted by Gasteiger charge is 2.26. The van der Waals surface area contributed by atoms with E-state index in [9.17, 15) is 19.2 Å². The van der Waals surface area contributed by atoms with E-state index in [2.05, 4.69) is 10.1 Å². The standard InChI is InChI=1S/C19H28N6O4/c1-4-6-8-12-24(18(28)13-9-10-14(26)23(3)22-13)15-16(20)25(11-7-5-2)19(29)21-17(15)27/h9-10H,4-8,11-12,20H2,1-3H3,(H,21,27,29). The van der Waals surface area contributed by atoms with Crippen LogP contribution in [0.15, 0.2) is 26.5 Å². The fourth-order valence-electron chi connectivity index (χ4n) is 2.97. The zero-order valence-electron chi connectivity index (χ0n) is 17.1. The molecule has 10 heteroatoms. The van der Waals surface area contributed by atoms with E-state index in [-0.39, 0.29) is 29.3 Å². The molecule has 0 saturated heterocycles. The highest BCUT2D eigenvalue weighted by atomic mass is 16.2. The fourth-order valence-corrected chi connectivity index (χ4v) is 2.97. The molecule has 0 aliphatic heterocycles. The van der Waals surface area contributed by atoms with Crippen LogP contribution in [-0.2, 0) is 13.6 Å². The molecule has 1 amide bonds. The second kappa shape index (κ2) is 9.85. The van der Waals surface area contributed by atoms with Crippen LogP contribution in [0.2, 0.25) is 0 Å². The molecule has 0 spiro atoms. The third-order valence-electron chi connectivity index (χ3n) is 4.63. The third-order valence-corrected chi connectivity index (χ3v) is 4.63. The molecule has 3 N–H and O–H groups in total. The zero-order chi connectivity index (χ0) is 21.6. The number of rotatable bonds is 9. The summed E-state index contributed by atoms with van der Waals surface area (Å²) in [5.41, 5.74) is 4.42. The van der Waals surface area contributed by atoms with Crippen LogP contribution >= 0.6 is 0 Å². The normalized spacial score (nSPS) is 10.9. The van der Waals surface area contributed by atoms with Gasteiger partial charge in [0.2, 0.25) is 0 Å². The first-order valence-electron chi connectivity index (χ1n) is 9.80. The lowest BCUT2D eigenvalue weighted by atomic mass is 10.2. The smallest absolute Gasteiger partial charge is 0.330 e. The summed E-state index contributed by atoms with van der Waals surface area (Å²) >= 11 is 0. The molecule has 0 aromatic carbocycles. The van der Waals surface area contributed by atoms with Gasteiger partial charge in [-0.2, -0.15) is 5.10 Å². The van der Waals surface area contributed by atoms with Crippen molar-refractivity contribution in [2.75, 3.05) is 17.2 Å². The minimum absolute atomic E-state index is 0.00806. The van der Waals surface area contributed by atoms with E-state index in [4.69, 9.17) is 5.73 Å². The first kappa shape index (κ1) is 22.1. The van der Waals surface area contributed by atoms with E-state index >= 15 is 0 Å². The molecule has 0 fully saturated rings. The van der Waals surface area contributed by atoms with Crippen molar-refractivity contribution in [1.82, 2.24) is 19.3 Å². The second-order valence-corrected chi connectivity index (χ2v) is 6.84. The minimum atomic E-state index is -0.727. The monoisotopic (exact) mass is 404 g/mol. The summed E-state index contributed by atoms with van der Waals surface area (Å²) in [7, 11) is 1.44. The van der Waals surface area contributed by atoms with E-state index in [1.165, 1.54) is 28.6 Å². The second-order valence-electron chi connectivity index (χ2n) is 6.84. The van der Waals surface area contributed by atoms with Crippen LogP contribution in [0.5, 0.6) is 0 Å². The van der Waals surface area contributed by atoms with Gasteiger partial charge >= 0.3 is 5.69 Å². The number of hydrogen-bond donors (Lipinski definition) is 2. The highest BCUT2D eigenvalue weighted by Crippen LogP contribution is 2.20. The molecule has 0 bridgehead atoms. The average Bonchev–Trinajstić information content (AvgIpc) is 2.68. The number of aryl methyl sites for hydroxylation is 1. The van der Waals surface area contributed by atoms with Crippen molar-refractivity contribution < 1.29 is 4.79 Å². The largest absolute Gasteiger partial charge is 0.383 e. The summed E-state index contributed by atoms with van der Waals surface area (Å²) in [4.78, 5) is 53.1. The van der Waals surface area contributed by atoms with Crippen molar-refractivity contribution in [1.29, 1.82) is 0 Å². The number of carbonyl (C=O) groups is 1. The lowest BCUT2D eigenvalue weighted by Gasteiger charge is -2.24. The Hall–Kier alpha value is -3.17. The van der Waals surface area contributed by atoms with Crippen LogP contribution < -0.4 is 27.4 Å². The van der Waals surface area contributed by atoms with Gasteiger partial charge in [0.1, 0.15) is 11.5 Å². The first-order chi connectivity index (χ1) is 13.8. The summed E-state index contributed by atoms with van der Waals surface area (Å²) in [6.07, 6.45) is 3.93. The molecule has 2 heterocycles. The van der Waals surface area contributed by atoms with Gasteiger partial charge in [-0.15, -0.1) is 0 Å². The number of hydrogen-bond acceptors (Lipinski definition) is 6. The molecule has 2 aromatic heterocycles. The molecule has 29 heavy (non-hydrogen) atoms. The van der Waals surface area contributed by atoms with Gasteiger partial charge in [0.05, 0.1) is 0 Å². The predicted molar refractivity (Wildman–Crippen MR) is 111 cm³/mol. The molecular weight excluding hydrogens is 376 g/mol. The minimum Gasteiger partial charge on any atom is -0.383 e. The highest BCUT2D eigenvalue weighted by molar-refractivity contribution is 6.05. The zero-order valence-corrected chi connectivity index (χ0v) is 17.1. The van der Waals surface area contributed by atoms with E-state index in [1.54, 1.807) is 0 Å². The van der Waals surface area contributed by atoms with Crippen molar-refractivity contribution in [2.24, 2.45) is 7.05 Å². The third kappa shape index (κ3) is 5.01. The van der Waals surface area contributed by atoms with Gasteiger partial charge in [-0.3, -0.25) is 28.8 Å². The average molecular weight is 404 g/mol. The molecule has 0 aliphatic rings. The summed E-state index contributed by atoms with van der Waals surface area (Å²) < 4.78 is 2.32. The van der Waals surface area contributed by atoms with E-state index in [0.29, 0.717) is 19.4 Å². The van der Waals surface area contributed by atoms with Gasteiger partial charge in [0.15, 0.2) is 5.69 Å². The van der Waals surface area contributed by atoms with E-state index < -0.39 is 17.2 Å². The Morgan fingerprint density at radius 3 is 2.45 bits per heavy atom. The summed E-state index contributed by atoms with van der Waals surface area (Å²) in [6, 6.07) is 2.55. The number of nitrogens with two attached hydrogens (primary N) is 1. The Labute approximate surface area is 168 Å². The van der Waals surface area contributed by atoms with Gasteiger partial charge < -0.3 is 5.73 Å². The quantitative estimate of drug-likeness (QED) is 0.595. The van der Waals surface area contributed by atoms with Crippen molar-refractivity contribution in [3.63, 3.8) is 0 Å². The van der Waals surface area contributed by atoms with Crippen LogP contribution in [0.1, 0.15) is 56.4 Å². The van der Waals surface area contributed by atoms with Crippen LogP contribution in [0.3, 0.4) is 0 Å². The Morgan fingerprint density at radius 1 is 1.14 bits per heavy atom. The Balaban J connectivity index is 2.58. The van der Waals surface area contributed by atoms with Crippen molar-refractivity contribution in [3.05, 3.63) is 49.0 Å². The molecule has 0 unspecified atom stereocenters. The molecule has 0 radical (unpaired) electrons. The molecule has 2 rings (SSSR count). The topological polar surface area (TPSA) is 136 Å². The number of unbranched alkanes of at least 4 members (excludes halogenated alkanes) is 3. The maximum atomic E-state index is 13.2. The molecule has 0 atom stereocenters. The van der Waals surface area contributed by atoms with Gasteiger partial charge in [-0.1, -0.05) is 33.1 Å². The number of nitrogen functional groups attached to an aromatic ring is 1. The SMILES string of the molecule is CCCCCN(C(=O)c1ccc(=O)n(C)n1)c1c(N)n(CCCC)c(=O)[nH]c1=O. The van der Waals surface area contributed by atoms with Gasteiger partial charge in [0, 0.05) is 26.2 Å². The molecule has 0 saturated carbocycles. The number of nitrogens with zero attached hydrogens (tertiary/aromatic N) is 4.